The van der Waals surface area contributed by atoms with E-state index in [9.17, 15) is 0 Å². The van der Waals surface area contributed by atoms with Gasteiger partial charge in [0.05, 0.1) is 11.7 Å². The van der Waals surface area contributed by atoms with Gasteiger partial charge >= 0.3 is 0 Å². The molecule has 0 aliphatic carbocycles. The summed E-state index contributed by atoms with van der Waals surface area (Å²) in [6.07, 6.45) is 1.70. The maximum Gasteiger partial charge on any atom is 0.0709 e. The van der Waals surface area contributed by atoms with Crippen molar-refractivity contribution in [2.45, 2.75) is 13.0 Å². The number of rotatable bonds is 2. The SMILES string of the molecule is CC(NO)c1ccnn1C. The minimum absolute atomic E-state index is 0.0625. The van der Waals surface area contributed by atoms with E-state index in [0.717, 1.165) is 5.69 Å². The molecule has 0 aromatic carbocycles. The van der Waals surface area contributed by atoms with Gasteiger partial charge in [-0.25, -0.2) is 0 Å². The molecular weight excluding hydrogens is 130 g/mol. The summed E-state index contributed by atoms with van der Waals surface area (Å²) in [5.74, 6) is 0. The molecule has 0 saturated heterocycles. The number of aromatic nitrogens is 2. The van der Waals surface area contributed by atoms with E-state index < -0.39 is 0 Å². The number of nitrogens with zero attached hydrogens (tertiary/aromatic N) is 2. The Hall–Kier alpha value is -0.870. The molecule has 4 heteroatoms. The fourth-order valence-corrected chi connectivity index (χ4v) is 0.875. The third kappa shape index (κ3) is 1.17. The highest BCUT2D eigenvalue weighted by atomic mass is 16.5. The van der Waals surface area contributed by atoms with Crippen molar-refractivity contribution in [3.63, 3.8) is 0 Å². The lowest BCUT2D eigenvalue weighted by atomic mass is 10.2. The highest BCUT2D eigenvalue weighted by Gasteiger charge is 2.05. The molecule has 1 rings (SSSR count). The van der Waals surface area contributed by atoms with E-state index in [4.69, 9.17) is 5.21 Å². The molecule has 0 aliphatic rings. The molecule has 0 aliphatic heterocycles. The van der Waals surface area contributed by atoms with Crippen LogP contribution in [0.5, 0.6) is 0 Å². The van der Waals surface area contributed by atoms with Crippen molar-refractivity contribution < 1.29 is 5.21 Å². The predicted octanol–water partition coefficient (Wildman–Crippen LogP) is 0.460. The molecule has 1 atom stereocenters. The fourth-order valence-electron chi connectivity index (χ4n) is 0.875. The van der Waals surface area contributed by atoms with Gasteiger partial charge in [0.2, 0.25) is 0 Å². The largest absolute Gasteiger partial charge is 0.316 e. The first kappa shape index (κ1) is 7.24. The molecular formula is C6H11N3O. The molecule has 1 unspecified atom stereocenters. The minimum atomic E-state index is -0.0625. The van der Waals surface area contributed by atoms with Crippen LogP contribution in [0.25, 0.3) is 0 Å². The third-order valence-electron chi connectivity index (χ3n) is 1.50. The van der Waals surface area contributed by atoms with Gasteiger partial charge in [-0.1, -0.05) is 0 Å². The van der Waals surface area contributed by atoms with Crippen LogP contribution in [0.1, 0.15) is 18.7 Å². The van der Waals surface area contributed by atoms with Crippen LogP contribution < -0.4 is 5.48 Å². The summed E-state index contributed by atoms with van der Waals surface area (Å²) in [4.78, 5) is 0. The molecule has 1 aromatic heterocycles. The van der Waals surface area contributed by atoms with Gasteiger partial charge in [0.1, 0.15) is 0 Å². The quantitative estimate of drug-likeness (QED) is 0.588. The van der Waals surface area contributed by atoms with Gasteiger partial charge in [0.25, 0.3) is 0 Å². The smallest absolute Gasteiger partial charge is 0.0709 e. The molecule has 4 nitrogen and oxygen atoms in total. The monoisotopic (exact) mass is 141 g/mol. The number of hydrogen-bond donors (Lipinski definition) is 2. The van der Waals surface area contributed by atoms with Crippen molar-refractivity contribution in [2.75, 3.05) is 0 Å². The van der Waals surface area contributed by atoms with Crippen molar-refractivity contribution >= 4 is 0 Å². The molecule has 1 heterocycles. The Morgan fingerprint density at radius 3 is 2.90 bits per heavy atom. The molecule has 0 spiro atoms. The van der Waals surface area contributed by atoms with Crippen LogP contribution in [0, 0.1) is 0 Å². The van der Waals surface area contributed by atoms with Gasteiger partial charge < -0.3 is 5.21 Å². The van der Waals surface area contributed by atoms with E-state index in [1.165, 1.54) is 0 Å². The normalized spacial score (nSPS) is 13.5. The molecule has 1 aromatic rings. The van der Waals surface area contributed by atoms with Crippen LogP contribution in [0.2, 0.25) is 0 Å². The average Bonchev–Trinajstić information content (AvgIpc) is 2.34. The molecule has 0 saturated carbocycles. The number of hydrogen-bond acceptors (Lipinski definition) is 3. The second kappa shape index (κ2) is 2.81. The number of hydroxylamine groups is 1. The first-order valence-corrected chi connectivity index (χ1v) is 3.13. The highest BCUT2D eigenvalue weighted by Crippen LogP contribution is 2.07. The van der Waals surface area contributed by atoms with E-state index in [0.29, 0.717) is 0 Å². The van der Waals surface area contributed by atoms with Crippen molar-refractivity contribution in [2.24, 2.45) is 7.05 Å². The first-order valence-electron chi connectivity index (χ1n) is 3.13. The molecule has 0 bridgehead atoms. The highest BCUT2D eigenvalue weighted by molar-refractivity contribution is 5.04. The minimum Gasteiger partial charge on any atom is -0.316 e. The van der Waals surface area contributed by atoms with Crippen LogP contribution in [0.15, 0.2) is 12.3 Å². The van der Waals surface area contributed by atoms with Crippen molar-refractivity contribution in [3.8, 4) is 0 Å². The second-order valence-corrected chi connectivity index (χ2v) is 2.23. The van der Waals surface area contributed by atoms with Gasteiger partial charge in [0, 0.05) is 13.2 Å². The van der Waals surface area contributed by atoms with Crippen LogP contribution in [-0.4, -0.2) is 15.0 Å². The Kier molecular flexibility index (Phi) is 2.03. The summed E-state index contributed by atoms with van der Waals surface area (Å²) < 4.78 is 1.72. The second-order valence-electron chi connectivity index (χ2n) is 2.23. The summed E-state index contributed by atoms with van der Waals surface area (Å²) in [5.41, 5.74) is 3.11. The zero-order valence-corrected chi connectivity index (χ0v) is 6.07. The van der Waals surface area contributed by atoms with Crippen molar-refractivity contribution in [3.05, 3.63) is 18.0 Å². The van der Waals surface area contributed by atoms with Crippen LogP contribution >= 0.6 is 0 Å². The summed E-state index contributed by atoms with van der Waals surface area (Å²) in [5, 5.41) is 12.5. The number of nitrogens with one attached hydrogen (secondary N) is 1. The van der Waals surface area contributed by atoms with Gasteiger partial charge in [-0.2, -0.15) is 10.6 Å². The fraction of sp³-hybridized carbons (Fsp3) is 0.500. The van der Waals surface area contributed by atoms with Gasteiger partial charge in [0.15, 0.2) is 0 Å². The van der Waals surface area contributed by atoms with Crippen molar-refractivity contribution in [1.82, 2.24) is 15.3 Å². The Bertz CT molecular complexity index is 209. The Balaban J connectivity index is 2.82. The zero-order valence-electron chi connectivity index (χ0n) is 6.07. The van der Waals surface area contributed by atoms with E-state index in [2.05, 4.69) is 10.6 Å². The topological polar surface area (TPSA) is 50.1 Å². The molecule has 0 fully saturated rings. The molecule has 0 radical (unpaired) electrons. The lowest BCUT2D eigenvalue weighted by Crippen LogP contribution is -2.16. The number of aryl methyl sites for hydroxylation is 1. The maximum atomic E-state index is 8.54. The maximum absolute atomic E-state index is 8.54. The van der Waals surface area contributed by atoms with E-state index in [1.807, 2.05) is 20.0 Å². The van der Waals surface area contributed by atoms with E-state index in [1.54, 1.807) is 10.9 Å². The molecule has 2 N–H and O–H groups in total. The van der Waals surface area contributed by atoms with Gasteiger partial charge in [-0.3, -0.25) is 4.68 Å². The third-order valence-corrected chi connectivity index (χ3v) is 1.50. The summed E-state index contributed by atoms with van der Waals surface area (Å²) in [6.45, 7) is 1.86. The lowest BCUT2D eigenvalue weighted by Gasteiger charge is -2.07. The van der Waals surface area contributed by atoms with Crippen LogP contribution in [0.3, 0.4) is 0 Å². The zero-order chi connectivity index (χ0) is 7.56. The molecule has 56 valence electrons. The standard InChI is InChI=1S/C6H11N3O/c1-5(8-10)6-3-4-7-9(6)2/h3-5,8,10H,1-2H3. The van der Waals surface area contributed by atoms with Gasteiger partial charge in [-0.15, -0.1) is 0 Å². The molecule has 10 heavy (non-hydrogen) atoms. The summed E-state index contributed by atoms with van der Waals surface area (Å²) in [7, 11) is 1.84. The van der Waals surface area contributed by atoms with Gasteiger partial charge in [-0.05, 0) is 13.0 Å². The lowest BCUT2D eigenvalue weighted by molar-refractivity contribution is 0.130. The summed E-state index contributed by atoms with van der Waals surface area (Å²) in [6, 6.07) is 1.79. The first-order chi connectivity index (χ1) is 4.75. The molecule has 0 amide bonds. The Labute approximate surface area is 59.4 Å². The average molecular weight is 141 g/mol. The Morgan fingerprint density at radius 1 is 1.80 bits per heavy atom. The predicted molar refractivity (Wildman–Crippen MR) is 36.5 cm³/mol. The van der Waals surface area contributed by atoms with Crippen molar-refractivity contribution in [1.29, 1.82) is 0 Å². The Morgan fingerprint density at radius 2 is 2.50 bits per heavy atom. The summed E-state index contributed by atoms with van der Waals surface area (Å²) >= 11 is 0. The van der Waals surface area contributed by atoms with E-state index in [-0.39, 0.29) is 6.04 Å². The van der Waals surface area contributed by atoms with Crippen LogP contribution in [-0.2, 0) is 7.05 Å². The van der Waals surface area contributed by atoms with Crippen LogP contribution in [0.4, 0.5) is 0 Å². The van der Waals surface area contributed by atoms with E-state index >= 15 is 0 Å².